The normalized spacial score (nSPS) is 26.6. The Balaban J connectivity index is 0.000000383. The molecular formula is C22H29F3N2O5S. The number of hydrogen-bond acceptors (Lipinski definition) is 5. The van der Waals surface area contributed by atoms with Crippen molar-refractivity contribution < 1.29 is 36.3 Å². The third-order valence-corrected chi connectivity index (χ3v) is 8.67. The number of benzene rings is 1. The van der Waals surface area contributed by atoms with Crippen LogP contribution in [-0.4, -0.2) is 67.1 Å². The molecule has 1 amide bonds. The van der Waals surface area contributed by atoms with Gasteiger partial charge in [0.2, 0.25) is 5.91 Å². The summed E-state index contributed by atoms with van der Waals surface area (Å²) >= 11 is 0. The molecule has 184 valence electrons. The van der Waals surface area contributed by atoms with Gasteiger partial charge >= 0.3 is 12.1 Å². The Morgan fingerprint density at radius 1 is 1.12 bits per heavy atom. The van der Waals surface area contributed by atoms with Crippen LogP contribution in [0, 0.1) is 24.7 Å². The smallest absolute Gasteiger partial charge is 0.475 e. The molecule has 1 aromatic carbocycles. The van der Waals surface area contributed by atoms with Gasteiger partial charge < -0.3 is 10.4 Å². The number of carboxylic acid groups (broad SMARTS) is 1. The van der Waals surface area contributed by atoms with E-state index in [9.17, 15) is 26.4 Å². The number of aliphatic carboxylic acids is 1. The fraction of sp³-hybridized carbons (Fsp3) is 0.636. The van der Waals surface area contributed by atoms with Gasteiger partial charge in [0.1, 0.15) is 0 Å². The Morgan fingerprint density at radius 2 is 1.73 bits per heavy atom. The second kappa shape index (κ2) is 10.0. The lowest BCUT2D eigenvalue weighted by atomic mass is 9.87. The summed E-state index contributed by atoms with van der Waals surface area (Å²) in [5, 5.41) is 9.81. The molecule has 33 heavy (non-hydrogen) atoms. The van der Waals surface area contributed by atoms with Crippen molar-refractivity contribution >= 4 is 21.7 Å². The summed E-state index contributed by atoms with van der Waals surface area (Å²) in [6.45, 7) is 4.81. The third-order valence-electron chi connectivity index (χ3n) is 6.44. The number of sulfone groups is 1. The molecule has 1 saturated carbocycles. The highest BCUT2D eigenvalue weighted by Gasteiger charge is 2.50. The number of carbonyl (C=O) groups excluding carboxylic acids is 1. The van der Waals surface area contributed by atoms with E-state index >= 15 is 0 Å². The number of likely N-dealkylation sites (tertiary alicyclic amines) is 1. The molecule has 1 aromatic rings. The van der Waals surface area contributed by atoms with Crippen molar-refractivity contribution in [3.63, 3.8) is 0 Å². The van der Waals surface area contributed by atoms with Gasteiger partial charge in [-0.2, -0.15) is 13.2 Å². The Morgan fingerprint density at radius 3 is 2.27 bits per heavy atom. The van der Waals surface area contributed by atoms with Crippen molar-refractivity contribution in [1.82, 2.24) is 10.2 Å². The maximum atomic E-state index is 12.7. The van der Waals surface area contributed by atoms with Crippen molar-refractivity contribution in [2.45, 2.75) is 44.2 Å². The average molecular weight is 491 g/mol. The van der Waals surface area contributed by atoms with Crippen LogP contribution in [0.25, 0.3) is 0 Å². The van der Waals surface area contributed by atoms with Crippen molar-refractivity contribution in [2.24, 2.45) is 17.8 Å². The van der Waals surface area contributed by atoms with Crippen LogP contribution in [0.5, 0.6) is 0 Å². The number of carboxylic acids is 1. The number of rotatable bonds is 5. The molecule has 0 aromatic heterocycles. The van der Waals surface area contributed by atoms with Gasteiger partial charge in [-0.15, -0.1) is 0 Å². The second-order valence-corrected chi connectivity index (χ2v) is 11.5. The standard InChI is InChI=1S/C20H28N2O3S.C2HF3O2/c1-14-2-4-16(5-3-14)11-22-12-18-17(20(23)21-10-15-6-7-15)8-9-26(24,25)19(18)13-22;3-2(4,5)1(6)7/h2-5,15,17-19H,6-13H2,1H3,(H,21,23);(H,6,7)/t17-,18+,19+;/m0./s1. The molecule has 0 bridgehead atoms. The van der Waals surface area contributed by atoms with Gasteiger partial charge in [0.25, 0.3) is 0 Å². The van der Waals surface area contributed by atoms with Crippen molar-refractivity contribution in [1.29, 1.82) is 0 Å². The fourth-order valence-electron chi connectivity index (χ4n) is 4.41. The molecule has 2 aliphatic heterocycles. The number of nitrogens with zero attached hydrogens (tertiary/aromatic N) is 1. The zero-order valence-electron chi connectivity index (χ0n) is 18.3. The van der Waals surface area contributed by atoms with Crippen LogP contribution in [0.3, 0.4) is 0 Å². The van der Waals surface area contributed by atoms with Crippen LogP contribution in [-0.2, 0) is 26.0 Å². The molecular weight excluding hydrogens is 461 g/mol. The SMILES string of the molecule is Cc1ccc(CN2C[C@@H]3[C@@H](C(=O)NCC4CC4)CCS(=O)(=O)[C@@H]3C2)cc1.O=C(O)C(F)(F)F. The van der Waals surface area contributed by atoms with Gasteiger partial charge in [-0.3, -0.25) is 9.69 Å². The van der Waals surface area contributed by atoms with E-state index in [1.807, 2.05) is 0 Å². The molecule has 3 atom stereocenters. The first-order valence-electron chi connectivity index (χ1n) is 10.9. The number of hydrogen-bond donors (Lipinski definition) is 2. The summed E-state index contributed by atoms with van der Waals surface area (Å²) in [5.74, 6) is -2.13. The van der Waals surface area contributed by atoms with E-state index in [2.05, 4.69) is 41.4 Å². The van der Waals surface area contributed by atoms with Crippen LogP contribution in [0.4, 0.5) is 13.2 Å². The maximum Gasteiger partial charge on any atom is 0.490 e. The summed E-state index contributed by atoms with van der Waals surface area (Å²) in [5.41, 5.74) is 2.42. The Bertz CT molecular complexity index is 961. The maximum absolute atomic E-state index is 12.7. The Kier molecular flexibility index (Phi) is 7.73. The molecule has 2 heterocycles. The predicted molar refractivity (Wildman–Crippen MR) is 115 cm³/mol. The molecule has 0 unspecified atom stereocenters. The van der Waals surface area contributed by atoms with Crippen LogP contribution < -0.4 is 5.32 Å². The number of amides is 1. The molecule has 2 saturated heterocycles. The van der Waals surface area contributed by atoms with E-state index < -0.39 is 27.2 Å². The minimum Gasteiger partial charge on any atom is -0.475 e. The first kappa shape index (κ1) is 25.5. The molecule has 2 N–H and O–H groups in total. The van der Waals surface area contributed by atoms with Gasteiger partial charge in [0.05, 0.1) is 11.0 Å². The van der Waals surface area contributed by atoms with E-state index in [1.165, 1.54) is 24.0 Å². The lowest BCUT2D eigenvalue weighted by molar-refractivity contribution is -0.192. The van der Waals surface area contributed by atoms with E-state index in [4.69, 9.17) is 9.90 Å². The summed E-state index contributed by atoms with van der Waals surface area (Å²) in [6.07, 6.45) is -2.20. The van der Waals surface area contributed by atoms with Gasteiger partial charge in [0, 0.05) is 38.0 Å². The highest BCUT2D eigenvalue weighted by molar-refractivity contribution is 7.92. The van der Waals surface area contributed by atoms with Gasteiger partial charge in [-0.1, -0.05) is 29.8 Å². The van der Waals surface area contributed by atoms with Crippen LogP contribution in [0.1, 0.15) is 30.4 Å². The largest absolute Gasteiger partial charge is 0.490 e. The first-order valence-corrected chi connectivity index (χ1v) is 12.7. The van der Waals surface area contributed by atoms with Crippen molar-refractivity contribution in [3.8, 4) is 0 Å². The van der Waals surface area contributed by atoms with Gasteiger partial charge in [-0.05, 0) is 37.7 Å². The van der Waals surface area contributed by atoms with Gasteiger partial charge in [-0.25, -0.2) is 13.2 Å². The molecule has 11 heteroatoms. The zero-order chi connectivity index (χ0) is 24.4. The predicted octanol–water partition coefficient (Wildman–Crippen LogP) is 2.39. The number of fused-ring (bicyclic) bond motifs is 1. The van der Waals surface area contributed by atoms with Crippen LogP contribution in [0.15, 0.2) is 24.3 Å². The van der Waals surface area contributed by atoms with E-state index in [-0.39, 0.29) is 23.5 Å². The summed E-state index contributed by atoms with van der Waals surface area (Å²) in [6, 6.07) is 8.38. The molecule has 7 nitrogen and oxygen atoms in total. The fourth-order valence-corrected chi connectivity index (χ4v) is 6.54. The third kappa shape index (κ3) is 6.92. The lowest BCUT2D eigenvalue weighted by Gasteiger charge is -2.31. The monoisotopic (exact) mass is 490 g/mol. The Hall–Kier alpha value is -2.14. The molecule has 4 rings (SSSR count). The number of aryl methyl sites for hydroxylation is 1. The van der Waals surface area contributed by atoms with Crippen molar-refractivity contribution in [2.75, 3.05) is 25.4 Å². The van der Waals surface area contributed by atoms with Crippen LogP contribution >= 0.6 is 0 Å². The topological polar surface area (TPSA) is 104 Å². The molecule has 3 fully saturated rings. The molecule has 3 aliphatic rings. The second-order valence-electron chi connectivity index (χ2n) is 9.14. The molecule has 1 aliphatic carbocycles. The lowest BCUT2D eigenvalue weighted by Crippen LogP contribution is -2.47. The number of nitrogens with one attached hydrogen (secondary N) is 1. The van der Waals surface area contributed by atoms with Crippen molar-refractivity contribution in [3.05, 3.63) is 35.4 Å². The highest BCUT2D eigenvalue weighted by atomic mass is 32.2. The minimum absolute atomic E-state index is 0.0685. The number of alkyl halides is 3. The highest BCUT2D eigenvalue weighted by Crippen LogP contribution is 2.38. The first-order chi connectivity index (χ1) is 15.4. The van der Waals surface area contributed by atoms with E-state index in [1.54, 1.807) is 0 Å². The number of carbonyl (C=O) groups is 2. The van der Waals surface area contributed by atoms with E-state index in [0.29, 0.717) is 25.4 Å². The van der Waals surface area contributed by atoms with E-state index in [0.717, 1.165) is 13.1 Å². The van der Waals surface area contributed by atoms with Gasteiger partial charge in [0.15, 0.2) is 9.84 Å². The quantitative estimate of drug-likeness (QED) is 0.657. The Labute approximate surface area is 191 Å². The minimum atomic E-state index is -5.08. The zero-order valence-corrected chi connectivity index (χ0v) is 19.2. The average Bonchev–Trinajstić information content (AvgIpc) is 3.45. The van der Waals surface area contributed by atoms with Crippen LogP contribution in [0.2, 0.25) is 0 Å². The number of halogens is 3. The summed E-state index contributed by atoms with van der Waals surface area (Å²) < 4.78 is 56.9. The molecule has 0 spiro atoms. The summed E-state index contributed by atoms with van der Waals surface area (Å²) in [7, 11) is -3.10. The molecule has 0 radical (unpaired) electrons. The summed E-state index contributed by atoms with van der Waals surface area (Å²) in [4.78, 5) is 23.8.